The standard InChI is InChI=1S/C29H29N7O3/c1-4-5-9-21-18-36(27-22(19(2)37)12-8-13-26(27)39-3)29(38)35(21)17-20-14-15-25(30-16-20)23-10-6-7-11-24(23)28-31-33-34-32-28/h6-8,10-16,18H,4-5,9,17H2,1-3H3,(H,31,32,33,34). The minimum Gasteiger partial charge on any atom is -0.495 e. The molecular formula is C29H29N7O3. The van der Waals surface area contributed by atoms with Gasteiger partial charge in [0, 0.05) is 34.8 Å². The summed E-state index contributed by atoms with van der Waals surface area (Å²) in [6, 6.07) is 16.8. The van der Waals surface area contributed by atoms with E-state index in [4.69, 9.17) is 9.72 Å². The predicted octanol–water partition coefficient (Wildman–Crippen LogP) is 4.48. The third kappa shape index (κ3) is 5.13. The van der Waals surface area contributed by atoms with E-state index in [1.54, 1.807) is 29.0 Å². The molecule has 1 N–H and O–H groups in total. The van der Waals surface area contributed by atoms with E-state index < -0.39 is 0 Å². The number of aromatic nitrogens is 7. The van der Waals surface area contributed by atoms with Crippen molar-refractivity contribution in [3.8, 4) is 34.1 Å². The molecule has 0 saturated carbocycles. The van der Waals surface area contributed by atoms with Crippen LogP contribution in [0.2, 0.25) is 0 Å². The van der Waals surface area contributed by atoms with Crippen molar-refractivity contribution in [3.05, 3.63) is 94.3 Å². The lowest BCUT2D eigenvalue weighted by Crippen LogP contribution is -2.26. The van der Waals surface area contributed by atoms with Crippen LogP contribution < -0.4 is 10.4 Å². The Morgan fingerprint density at radius 2 is 1.87 bits per heavy atom. The number of aromatic amines is 1. The van der Waals surface area contributed by atoms with Crippen LogP contribution in [0.4, 0.5) is 0 Å². The molecule has 0 aliphatic carbocycles. The number of tetrazole rings is 1. The number of aryl methyl sites for hydroxylation is 1. The Bertz CT molecular complexity index is 1650. The summed E-state index contributed by atoms with van der Waals surface area (Å²) < 4.78 is 8.82. The van der Waals surface area contributed by atoms with Gasteiger partial charge in [0.25, 0.3) is 0 Å². The second kappa shape index (κ2) is 11.3. The zero-order chi connectivity index (χ0) is 27.4. The topological polar surface area (TPSA) is 121 Å². The van der Waals surface area contributed by atoms with Crippen LogP contribution in [0.1, 0.15) is 48.3 Å². The second-order valence-corrected chi connectivity index (χ2v) is 9.21. The zero-order valence-corrected chi connectivity index (χ0v) is 22.1. The molecule has 198 valence electrons. The Morgan fingerprint density at radius 1 is 1.05 bits per heavy atom. The van der Waals surface area contributed by atoms with E-state index >= 15 is 0 Å². The number of para-hydroxylation sites is 1. The lowest BCUT2D eigenvalue weighted by molar-refractivity contribution is 0.101. The van der Waals surface area contributed by atoms with Crippen molar-refractivity contribution in [3.63, 3.8) is 0 Å². The van der Waals surface area contributed by atoms with Gasteiger partial charge in [-0.15, -0.1) is 10.2 Å². The first-order valence-corrected chi connectivity index (χ1v) is 12.8. The van der Waals surface area contributed by atoms with Gasteiger partial charge >= 0.3 is 5.69 Å². The maximum absolute atomic E-state index is 13.8. The molecule has 0 saturated heterocycles. The number of carbonyl (C=O) groups is 1. The zero-order valence-electron chi connectivity index (χ0n) is 22.1. The first-order chi connectivity index (χ1) is 19.0. The van der Waals surface area contributed by atoms with Gasteiger partial charge in [-0.2, -0.15) is 5.21 Å². The summed E-state index contributed by atoms with van der Waals surface area (Å²) in [5.41, 5.74) is 4.87. The molecule has 0 bridgehead atoms. The second-order valence-electron chi connectivity index (χ2n) is 9.21. The van der Waals surface area contributed by atoms with Crippen LogP contribution in [-0.2, 0) is 13.0 Å². The average Bonchev–Trinajstić information content (AvgIpc) is 3.61. The fraction of sp³-hybridized carbons (Fsp3) is 0.241. The van der Waals surface area contributed by atoms with E-state index in [1.807, 2.05) is 42.6 Å². The maximum Gasteiger partial charge on any atom is 0.333 e. The van der Waals surface area contributed by atoms with Crippen LogP contribution in [0.3, 0.4) is 0 Å². The number of imidazole rings is 1. The Hall–Kier alpha value is -4.86. The molecule has 3 aromatic heterocycles. The van der Waals surface area contributed by atoms with Crippen LogP contribution >= 0.6 is 0 Å². The smallest absolute Gasteiger partial charge is 0.333 e. The highest BCUT2D eigenvalue weighted by atomic mass is 16.5. The summed E-state index contributed by atoms with van der Waals surface area (Å²) in [5.74, 6) is 0.820. The first-order valence-electron chi connectivity index (χ1n) is 12.8. The van der Waals surface area contributed by atoms with Crippen LogP contribution in [0, 0.1) is 0 Å². The quantitative estimate of drug-likeness (QED) is 0.268. The number of methoxy groups -OCH3 is 1. The number of hydrogen-bond acceptors (Lipinski definition) is 7. The SMILES string of the molecule is CCCCc1cn(-c2c(OC)cccc2C(C)=O)c(=O)n1Cc1ccc(-c2ccccc2-c2nn[nH]n2)nc1. The van der Waals surface area contributed by atoms with Crippen LogP contribution in [0.25, 0.3) is 28.3 Å². The highest BCUT2D eigenvalue weighted by Gasteiger charge is 2.20. The molecular weight excluding hydrogens is 494 g/mol. The normalized spacial score (nSPS) is 11.1. The average molecular weight is 524 g/mol. The van der Waals surface area contributed by atoms with Crippen LogP contribution in [0.5, 0.6) is 5.75 Å². The minimum atomic E-state index is -0.236. The fourth-order valence-electron chi connectivity index (χ4n) is 4.67. The number of ketones is 1. The maximum atomic E-state index is 13.8. The number of pyridine rings is 1. The van der Waals surface area contributed by atoms with Crippen LogP contribution in [0.15, 0.2) is 71.8 Å². The number of unbranched alkanes of at least 4 members (excludes halogenated alkanes) is 1. The fourth-order valence-corrected chi connectivity index (χ4v) is 4.67. The summed E-state index contributed by atoms with van der Waals surface area (Å²) in [4.78, 5) is 30.9. The molecule has 3 heterocycles. The molecule has 0 aliphatic heterocycles. The Morgan fingerprint density at radius 3 is 2.54 bits per heavy atom. The molecule has 0 atom stereocenters. The largest absolute Gasteiger partial charge is 0.495 e. The number of carbonyl (C=O) groups excluding carboxylic acids is 1. The molecule has 10 heteroatoms. The van der Waals surface area contributed by atoms with Crippen LogP contribution in [-0.4, -0.2) is 47.6 Å². The monoisotopic (exact) mass is 523 g/mol. The molecule has 39 heavy (non-hydrogen) atoms. The molecule has 2 aromatic carbocycles. The number of nitrogens with one attached hydrogen (secondary N) is 1. The van der Waals surface area contributed by atoms with E-state index in [1.165, 1.54) is 18.6 Å². The molecule has 0 radical (unpaired) electrons. The number of hydrogen-bond donors (Lipinski definition) is 1. The predicted molar refractivity (Wildman–Crippen MR) is 147 cm³/mol. The highest BCUT2D eigenvalue weighted by Crippen LogP contribution is 2.29. The van der Waals surface area contributed by atoms with E-state index in [0.717, 1.165) is 47.3 Å². The van der Waals surface area contributed by atoms with E-state index in [-0.39, 0.29) is 11.5 Å². The van der Waals surface area contributed by atoms with Crippen molar-refractivity contribution in [1.29, 1.82) is 0 Å². The van der Waals surface area contributed by atoms with Gasteiger partial charge in [0.05, 0.1) is 19.3 Å². The van der Waals surface area contributed by atoms with Crippen molar-refractivity contribution in [2.75, 3.05) is 7.11 Å². The highest BCUT2D eigenvalue weighted by molar-refractivity contribution is 5.98. The summed E-state index contributed by atoms with van der Waals surface area (Å²) >= 11 is 0. The summed E-state index contributed by atoms with van der Waals surface area (Å²) in [6.07, 6.45) is 6.25. The molecule has 0 amide bonds. The van der Waals surface area contributed by atoms with E-state index in [0.29, 0.717) is 29.4 Å². The van der Waals surface area contributed by atoms with Crippen molar-refractivity contribution < 1.29 is 9.53 Å². The molecule has 0 fully saturated rings. The van der Waals surface area contributed by atoms with E-state index in [9.17, 15) is 9.59 Å². The molecule has 0 spiro atoms. The van der Waals surface area contributed by atoms with Gasteiger partial charge in [0.1, 0.15) is 11.4 Å². The number of H-pyrrole nitrogens is 1. The molecule has 0 unspecified atom stereocenters. The third-order valence-corrected chi connectivity index (χ3v) is 6.64. The first kappa shape index (κ1) is 25.8. The summed E-state index contributed by atoms with van der Waals surface area (Å²) in [6.45, 7) is 3.94. The Kier molecular flexibility index (Phi) is 7.44. The number of ether oxygens (including phenoxy) is 1. The Labute approximate surface area is 225 Å². The van der Waals surface area contributed by atoms with Gasteiger partial charge in [-0.25, -0.2) is 4.79 Å². The van der Waals surface area contributed by atoms with Gasteiger partial charge < -0.3 is 4.74 Å². The Balaban J connectivity index is 1.53. The molecule has 5 aromatic rings. The number of rotatable bonds is 10. The van der Waals surface area contributed by atoms with Gasteiger partial charge in [-0.05, 0) is 48.7 Å². The summed E-state index contributed by atoms with van der Waals surface area (Å²) in [7, 11) is 1.53. The number of nitrogens with zero attached hydrogens (tertiary/aromatic N) is 6. The molecule has 5 rings (SSSR count). The van der Waals surface area contributed by atoms with Crippen molar-refractivity contribution >= 4 is 5.78 Å². The van der Waals surface area contributed by atoms with E-state index in [2.05, 4.69) is 27.5 Å². The van der Waals surface area contributed by atoms with Crippen molar-refractivity contribution in [1.82, 2.24) is 34.7 Å². The van der Waals surface area contributed by atoms with Crippen molar-refractivity contribution in [2.24, 2.45) is 0 Å². The van der Waals surface area contributed by atoms with Gasteiger partial charge in [0.2, 0.25) is 5.82 Å². The lowest BCUT2D eigenvalue weighted by atomic mass is 10.0. The van der Waals surface area contributed by atoms with Crippen molar-refractivity contribution in [2.45, 2.75) is 39.7 Å². The van der Waals surface area contributed by atoms with Gasteiger partial charge in [-0.3, -0.25) is 18.9 Å². The number of Topliss-reactive ketones (excluding diaryl/α,β-unsaturated/α-hetero) is 1. The molecule has 10 nitrogen and oxygen atoms in total. The van der Waals surface area contributed by atoms with Gasteiger partial charge in [0.15, 0.2) is 5.78 Å². The third-order valence-electron chi connectivity index (χ3n) is 6.64. The summed E-state index contributed by atoms with van der Waals surface area (Å²) in [5, 5.41) is 14.4. The molecule has 0 aliphatic rings. The lowest BCUT2D eigenvalue weighted by Gasteiger charge is -2.12. The van der Waals surface area contributed by atoms with Gasteiger partial charge in [-0.1, -0.05) is 49.7 Å². The minimum absolute atomic E-state index is 0.139. The number of benzene rings is 2.